The van der Waals surface area contributed by atoms with E-state index in [0.717, 1.165) is 0 Å². The Labute approximate surface area is 170 Å². The lowest BCUT2D eigenvalue weighted by molar-refractivity contribution is -0.385. The van der Waals surface area contributed by atoms with Crippen molar-refractivity contribution in [2.75, 3.05) is 5.32 Å². The van der Waals surface area contributed by atoms with Crippen LogP contribution in [0.1, 0.15) is 29.0 Å². The highest BCUT2D eigenvalue weighted by Crippen LogP contribution is 2.33. The molecule has 0 spiro atoms. The third kappa shape index (κ3) is 3.55. The number of carbonyl (C=O) groups is 1. The highest BCUT2D eigenvalue weighted by Gasteiger charge is 2.24. The second kappa shape index (κ2) is 7.63. The molecule has 0 aliphatic carbocycles. The first-order chi connectivity index (χ1) is 14.4. The molecule has 1 heterocycles. The number of fused-ring (bicyclic) bond motifs is 1. The van der Waals surface area contributed by atoms with Crippen LogP contribution in [0.3, 0.4) is 0 Å². The summed E-state index contributed by atoms with van der Waals surface area (Å²) in [5.74, 6) is -0.236. The van der Waals surface area contributed by atoms with E-state index in [1.54, 1.807) is 30.3 Å². The number of nitrogens with one attached hydrogen (secondary N) is 1. The molecule has 2 N–H and O–H groups in total. The van der Waals surface area contributed by atoms with Crippen LogP contribution in [0.2, 0.25) is 0 Å². The Morgan fingerprint density at radius 2 is 1.93 bits per heavy atom. The molecule has 0 saturated carbocycles. The van der Waals surface area contributed by atoms with E-state index in [4.69, 9.17) is 0 Å². The molecule has 0 bridgehead atoms. The summed E-state index contributed by atoms with van der Waals surface area (Å²) in [7, 11) is 0. The smallest absolute Gasteiger partial charge is 0.270 e. The molecule has 4 rings (SSSR count). The number of nitro groups is 1. The van der Waals surface area contributed by atoms with Crippen molar-refractivity contribution in [1.82, 2.24) is 15.0 Å². The molecule has 0 unspecified atom stereocenters. The van der Waals surface area contributed by atoms with Crippen molar-refractivity contribution < 1.29 is 14.8 Å². The van der Waals surface area contributed by atoms with Gasteiger partial charge >= 0.3 is 0 Å². The average Bonchev–Trinajstić information content (AvgIpc) is 3.16. The fraction of sp³-hybridized carbons (Fsp3) is 0.0952. The topological polar surface area (TPSA) is 123 Å². The molecule has 0 amide bonds. The highest BCUT2D eigenvalue weighted by atomic mass is 16.6. The number of nitro benzene ring substituents is 1. The average molecular weight is 403 g/mol. The second-order valence-electron chi connectivity index (χ2n) is 6.71. The number of phenolic OH excluding ortho intramolecular Hbond substituents is 1. The molecule has 1 aromatic heterocycles. The molecular formula is C21H17N5O4. The van der Waals surface area contributed by atoms with Gasteiger partial charge in [0.25, 0.3) is 5.69 Å². The van der Waals surface area contributed by atoms with Gasteiger partial charge in [-0.3, -0.25) is 14.9 Å². The summed E-state index contributed by atoms with van der Waals surface area (Å²) in [5, 5.41) is 33.4. The zero-order chi connectivity index (χ0) is 21.3. The van der Waals surface area contributed by atoms with Crippen molar-refractivity contribution >= 4 is 28.2 Å². The molecule has 4 aromatic rings. The van der Waals surface area contributed by atoms with Gasteiger partial charge in [0.05, 0.1) is 10.4 Å². The van der Waals surface area contributed by atoms with Gasteiger partial charge in [-0.25, -0.2) is 4.68 Å². The van der Waals surface area contributed by atoms with E-state index in [1.807, 2.05) is 18.2 Å². The van der Waals surface area contributed by atoms with Gasteiger partial charge in [0.2, 0.25) is 0 Å². The van der Waals surface area contributed by atoms with Crippen molar-refractivity contribution in [2.24, 2.45) is 0 Å². The molecule has 9 heteroatoms. The van der Waals surface area contributed by atoms with Crippen molar-refractivity contribution in [1.29, 1.82) is 0 Å². The number of Topliss-reactive ketones (excluding diaryl/α,β-unsaturated/α-hetero) is 1. The van der Waals surface area contributed by atoms with Crippen molar-refractivity contribution in [2.45, 2.75) is 13.1 Å². The minimum absolute atomic E-state index is 0.0976. The van der Waals surface area contributed by atoms with Gasteiger partial charge in [-0.05, 0) is 37.3 Å². The monoisotopic (exact) mass is 403 g/mol. The number of carbonyl (C=O) groups excluding carboxylic acids is 1. The van der Waals surface area contributed by atoms with Gasteiger partial charge in [-0.2, -0.15) is 0 Å². The van der Waals surface area contributed by atoms with Gasteiger partial charge < -0.3 is 10.4 Å². The summed E-state index contributed by atoms with van der Waals surface area (Å²) in [4.78, 5) is 22.5. The largest absolute Gasteiger partial charge is 0.508 e. The molecule has 30 heavy (non-hydrogen) atoms. The van der Waals surface area contributed by atoms with Crippen LogP contribution in [0, 0.1) is 10.1 Å². The lowest BCUT2D eigenvalue weighted by Crippen LogP contribution is -2.21. The standard InChI is InChI=1S/C21H17N5O4/c1-13(27)14-5-4-6-15(11-14)22-21(17-12-16(26(29)30)9-10-20(17)28)25-19-8-3-2-7-18(19)23-24-25/h2-12,21-22,28H,1H3/t21-/m0/s1. The summed E-state index contributed by atoms with van der Waals surface area (Å²) in [6, 6.07) is 17.9. The SMILES string of the molecule is CC(=O)c1cccc(N[C@H](c2cc([N+](=O)[O-])ccc2O)n2nnc3ccccc32)c1. The number of non-ortho nitro benzene ring substituents is 1. The number of nitrogens with zero attached hydrogens (tertiary/aromatic N) is 4. The lowest BCUT2D eigenvalue weighted by Gasteiger charge is -2.22. The van der Waals surface area contributed by atoms with Crippen LogP contribution in [0.15, 0.2) is 66.7 Å². The van der Waals surface area contributed by atoms with Gasteiger partial charge in [-0.1, -0.05) is 29.5 Å². The number of aromatic hydroxyl groups is 1. The van der Waals surface area contributed by atoms with Gasteiger partial charge in [0.1, 0.15) is 11.3 Å². The fourth-order valence-corrected chi connectivity index (χ4v) is 3.21. The van der Waals surface area contributed by atoms with Gasteiger partial charge in [0, 0.05) is 28.9 Å². The molecule has 0 aliphatic rings. The summed E-state index contributed by atoms with van der Waals surface area (Å²) < 4.78 is 1.54. The number of anilines is 1. The van der Waals surface area contributed by atoms with E-state index >= 15 is 0 Å². The molecule has 9 nitrogen and oxygen atoms in total. The quantitative estimate of drug-likeness (QED) is 0.284. The third-order valence-electron chi connectivity index (χ3n) is 4.71. The minimum atomic E-state index is -0.820. The fourth-order valence-electron chi connectivity index (χ4n) is 3.21. The van der Waals surface area contributed by atoms with Crippen molar-refractivity contribution in [3.05, 3.63) is 88.0 Å². The van der Waals surface area contributed by atoms with Gasteiger partial charge in [-0.15, -0.1) is 5.10 Å². The Morgan fingerprint density at radius 3 is 2.70 bits per heavy atom. The van der Waals surface area contributed by atoms with Crippen LogP contribution >= 0.6 is 0 Å². The van der Waals surface area contributed by atoms with Crippen LogP contribution in [0.25, 0.3) is 11.0 Å². The first-order valence-corrected chi connectivity index (χ1v) is 9.09. The van der Waals surface area contributed by atoms with Crippen molar-refractivity contribution in [3.63, 3.8) is 0 Å². The normalized spacial score (nSPS) is 11.9. The number of aromatic nitrogens is 3. The minimum Gasteiger partial charge on any atom is -0.508 e. The van der Waals surface area contributed by atoms with E-state index in [0.29, 0.717) is 22.3 Å². The molecular weight excluding hydrogens is 386 g/mol. The molecule has 0 aliphatic heterocycles. The zero-order valence-electron chi connectivity index (χ0n) is 15.9. The summed E-state index contributed by atoms with van der Waals surface area (Å²) in [6.45, 7) is 1.47. The van der Waals surface area contributed by atoms with Crippen LogP contribution in [-0.2, 0) is 0 Å². The number of phenols is 1. The molecule has 0 radical (unpaired) electrons. The maximum absolute atomic E-state index is 11.8. The maximum Gasteiger partial charge on any atom is 0.270 e. The molecule has 0 saturated heterocycles. The predicted octanol–water partition coefficient (Wildman–Crippen LogP) is 3.91. The first-order valence-electron chi connectivity index (χ1n) is 9.09. The summed E-state index contributed by atoms with van der Waals surface area (Å²) in [6.07, 6.45) is -0.820. The highest BCUT2D eigenvalue weighted by molar-refractivity contribution is 5.95. The van der Waals surface area contributed by atoms with Gasteiger partial charge in [0.15, 0.2) is 11.9 Å². The molecule has 0 fully saturated rings. The number of rotatable bonds is 6. The van der Waals surface area contributed by atoms with Crippen LogP contribution in [0.4, 0.5) is 11.4 Å². The molecule has 150 valence electrons. The van der Waals surface area contributed by atoms with E-state index in [1.165, 1.54) is 29.8 Å². The van der Waals surface area contributed by atoms with E-state index in [-0.39, 0.29) is 22.8 Å². The molecule has 1 atom stereocenters. The number of ketones is 1. The number of hydrogen-bond acceptors (Lipinski definition) is 7. The third-order valence-corrected chi connectivity index (χ3v) is 4.71. The number of benzene rings is 3. The zero-order valence-corrected chi connectivity index (χ0v) is 15.9. The Balaban J connectivity index is 1.88. The molecule has 3 aromatic carbocycles. The Hall–Kier alpha value is -4.27. The number of para-hydroxylation sites is 1. The summed E-state index contributed by atoms with van der Waals surface area (Å²) in [5.41, 5.74) is 2.46. The second-order valence-corrected chi connectivity index (χ2v) is 6.71. The van der Waals surface area contributed by atoms with E-state index in [9.17, 15) is 20.0 Å². The van der Waals surface area contributed by atoms with E-state index in [2.05, 4.69) is 15.6 Å². The summed E-state index contributed by atoms with van der Waals surface area (Å²) >= 11 is 0. The van der Waals surface area contributed by atoms with Crippen LogP contribution < -0.4 is 5.32 Å². The predicted molar refractivity (Wildman–Crippen MR) is 110 cm³/mol. The maximum atomic E-state index is 11.8. The van der Waals surface area contributed by atoms with Crippen LogP contribution in [0.5, 0.6) is 5.75 Å². The Bertz CT molecular complexity index is 1270. The van der Waals surface area contributed by atoms with Crippen LogP contribution in [-0.4, -0.2) is 30.8 Å². The first kappa shape index (κ1) is 19.1. The Morgan fingerprint density at radius 1 is 1.13 bits per heavy atom. The number of hydrogen-bond donors (Lipinski definition) is 2. The Kier molecular flexibility index (Phi) is 4.85. The van der Waals surface area contributed by atoms with E-state index < -0.39 is 11.1 Å². The lowest BCUT2D eigenvalue weighted by atomic mass is 10.1. The van der Waals surface area contributed by atoms with Crippen molar-refractivity contribution in [3.8, 4) is 5.75 Å².